The molecule has 0 aliphatic heterocycles. The van der Waals surface area contributed by atoms with Crippen LogP contribution in [0.1, 0.15) is 120 Å². The molecule has 170 valence electrons. The molecule has 0 fully saturated rings. The Hall–Kier alpha value is -0.470. The van der Waals surface area contributed by atoms with Crippen molar-refractivity contribution >= 4 is 12.6 Å². The summed E-state index contributed by atoms with van der Waals surface area (Å²) in [5, 5.41) is 0.417. The number of hydrogen-bond donors (Lipinski definition) is 3. The second-order valence-corrected chi connectivity index (χ2v) is 12.8. The van der Waals surface area contributed by atoms with Crippen molar-refractivity contribution in [1.82, 2.24) is 0 Å². The van der Waals surface area contributed by atoms with Gasteiger partial charge in [-0.2, -0.15) is 0 Å². The SMILES string of the molecule is CCCCCCC(C)c1c(C)cc(C)c(P(O)(O)(O)C(C)CCCCCC)c1C. The van der Waals surface area contributed by atoms with Crippen LogP contribution in [0.25, 0.3) is 0 Å². The van der Waals surface area contributed by atoms with Crippen molar-refractivity contribution in [2.75, 3.05) is 0 Å². The van der Waals surface area contributed by atoms with Crippen molar-refractivity contribution in [1.29, 1.82) is 0 Å². The Kier molecular flexibility index (Phi) is 10.3. The van der Waals surface area contributed by atoms with E-state index in [-0.39, 0.29) is 0 Å². The molecule has 0 aliphatic rings. The molecule has 0 saturated carbocycles. The van der Waals surface area contributed by atoms with Crippen LogP contribution in [0.15, 0.2) is 6.07 Å². The molecule has 0 aromatic heterocycles. The topological polar surface area (TPSA) is 60.7 Å². The Bertz CT molecular complexity index is 646. The zero-order valence-electron chi connectivity index (χ0n) is 20.1. The number of hydrogen-bond acceptors (Lipinski definition) is 3. The molecule has 1 aromatic rings. The van der Waals surface area contributed by atoms with Gasteiger partial charge in [-0.1, -0.05) is 0 Å². The van der Waals surface area contributed by atoms with E-state index >= 15 is 0 Å². The molecule has 29 heavy (non-hydrogen) atoms. The zero-order chi connectivity index (χ0) is 22.3. The van der Waals surface area contributed by atoms with E-state index < -0.39 is 12.9 Å². The molecule has 4 heteroatoms. The predicted molar refractivity (Wildman–Crippen MR) is 129 cm³/mol. The molecule has 2 atom stereocenters. The van der Waals surface area contributed by atoms with Crippen LogP contribution < -0.4 is 5.30 Å². The summed E-state index contributed by atoms with van der Waals surface area (Å²) in [4.78, 5) is 34.0. The molecule has 0 spiro atoms. The number of aryl methyl sites for hydroxylation is 2. The fourth-order valence-corrected chi connectivity index (χ4v) is 7.56. The van der Waals surface area contributed by atoms with Gasteiger partial charge in [0.05, 0.1) is 0 Å². The van der Waals surface area contributed by atoms with E-state index in [1.807, 2.05) is 19.9 Å². The quantitative estimate of drug-likeness (QED) is 0.236. The van der Waals surface area contributed by atoms with E-state index in [0.29, 0.717) is 17.6 Å². The summed E-state index contributed by atoms with van der Waals surface area (Å²) in [5.41, 5.74) is 3.52. The minimum atomic E-state index is -4.97. The van der Waals surface area contributed by atoms with Gasteiger partial charge in [0, 0.05) is 0 Å². The van der Waals surface area contributed by atoms with E-state index in [2.05, 4.69) is 27.7 Å². The van der Waals surface area contributed by atoms with Crippen LogP contribution >= 0.6 is 7.28 Å². The van der Waals surface area contributed by atoms with Crippen LogP contribution in [-0.4, -0.2) is 20.3 Å². The molecule has 3 N–H and O–H groups in total. The first-order valence-electron chi connectivity index (χ1n) is 11.8. The molecule has 0 aliphatic carbocycles. The minimum absolute atomic E-state index is 0.345. The maximum absolute atomic E-state index is 11.3. The summed E-state index contributed by atoms with van der Waals surface area (Å²) < 4.78 is 0. The van der Waals surface area contributed by atoms with Gasteiger partial charge >= 0.3 is 180 Å². The number of unbranched alkanes of at least 4 members (excludes halogenated alkanes) is 6. The molecule has 0 saturated heterocycles. The van der Waals surface area contributed by atoms with Crippen LogP contribution in [0.5, 0.6) is 0 Å². The summed E-state index contributed by atoms with van der Waals surface area (Å²) in [6.45, 7) is 14.4. The fraction of sp³-hybridized carbons (Fsp3) is 0.760. The zero-order valence-corrected chi connectivity index (χ0v) is 21.0. The normalized spacial score (nSPS) is 15.7. The summed E-state index contributed by atoms with van der Waals surface area (Å²) >= 11 is 0. The Balaban J connectivity index is 3.22. The molecular weight excluding hydrogens is 379 g/mol. The average molecular weight is 427 g/mol. The van der Waals surface area contributed by atoms with Crippen molar-refractivity contribution in [2.45, 2.75) is 124 Å². The fourth-order valence-electron chi connectivity index (χ4n) is 4.95. The van der Waals surface area contributed by atoms with E-state index in [9.17, 15) is 14.7 Å². The van der Waals surface area contributed by atoms with Crippen molar-refractivity contribution in [3.8, 4) is 0 Å². The van der Waals surface area contributed by atoms with Crippen LogP contribution in [0.2, 0.25) is 0 Å². The molecule has 0 radical (unpaired) electrons. The van der Waals surface area contributed by atoms with Gasteiger partial charge in [-0.25, -0.2) is 0 Å². The van der Waals surface area contributed by atoms with Gasteiger partial charge < -0.3 is 0 Å². The standard InChI is InChI=1S/C25H47O3P/c1-8-10-12-14-16-19(3)24-20(4)18-21(5)25(23(24)7)29(26,27,28)22(6)17-15-13-11-9-2/h18-19,22,26-28H,8-17H2,1-7H3. The molecule has 0 amide bonds. The molecule has 0 bridgehead atoms. The Morgan fingerprint density at radius 3 is 1.79 bits per heavy atom. The number of benzene rings is 1. The van der Waals surface area contributed by atoms with Gasteiger partial charge in [-0.05, 0) is 0 Å². The van der Waals surface area contributed by atoms with Crippen molar-refractivity contribution in [2.24, 2.45) is 0 Å². The first-order valence-corrected chi connectivity index (χ1v) is 14.0. The van der Waals surface area contributed by atoms with Gasteiger partial charge in [0.1, 0.15) is 0 Å². The molecule has 1 rings (SSSR count). The maximum atomic E-state index is 11.3. The van der Waals surface area contributed by atoms with Crippen LogP contribution in [0, 0.1) is 20.8 Å². The molecule has 3 nitrogen and oxygen atoms in total. The summed E-state index contributed by atoms with van der Waals surface area (Å²) in [5.74, 6) is 0.345. The second-order valence-electron chi connectivity index (χ2n) is 9.39. The van der Waals surface area contributed by atoms with E-state index in [1.54, 1.807) is 6.92 Å². The van der Waals surface area contributed by atoms with E-state index in [1.165, 1.54) is 36.8 Å². The van der Waals surface area contributed by atoms with Crippen molar-refractivity contribution in [3.63, 3.8) is 0 Å². The molecular formula is C25H47O3P. The third kappa shape index (κ3) is 6.76. The predicted octanol–water partition coefficient (Wildman–Crippen LogP) is 6.95. The van der Waals surface area contributed by atoms with E-state index in [4.69, 9.17) is 0 Å². The molecule has 1 aromatic carbocycles. The summed E-state index contributed by atoms with van der Waals surface area (Å²) in [6, 6.07) is 2.04. The van der Waals surface area contributed by atoms with E-state index in [0.717, 1.165) is 43.2 Å². The molecule has 0 heterocycles. The van der Waals surface area contributed by atoms with Crippen LogP contribution in [0.3, 0.4) is 0 Å². The van der Waals surface area contributed by atoms with Gasteiger partial charge in [-0.3, -0.25) is 0 Å². The third-order valence-corrected chi connectivity index (χ3v) is 10.1. The Morgan fingerprint density at radius 1 is 0.759 bits per heavy atom. The summed E-state index contributed by atoms with van der Waals surface area (Å²) in [6.07, 6.45) is 10.9. The van der Waals surface area contributed by atoms with Crippen molar-refractivity contribution in [3.05, 3.63) is 28.3 Å². The summed E-state index contributed by atoms with van der Waals surface area (Å²) in [7, 11) is -4.97. The van der Waals surface area contributed by atoms with Crippen molar-refractivity contribution < 1.29 is 14.7 Å². The van der Waals surface area contributed by atoms with Gasteiger partial charge in [0.2, 0.25) is 0 Å². The third-order valence-electron chi connectivity index (χ3n) is 6.69. The molecule has 2 unspecified atom stereocenters. The monoisotopic (exact) mass is 426 g/mol. The number of rotatable bonds is 13. The first-order chi connectivity index (χ1) is 13.5. The average Bonchev–Trinajstić information content (AvgIpc) is 2.60. The van der Waals surface area contributed by atoms with Crippen LogP contribution in [0.4, 0.5) is 0 Å². The van der Waals surface area contributed by atoms with Gasteiger partial charge in [0.15, 0.2) is 0 Å². The Morgan fingerprint density at radius 2 is 1.28 bits per heavy atom. The van der Waals surface area contributed by atoms with Gasteiger partial charge in [0.25, 0.3) is 0 Å². The van der Waals surface area contributed by atoms with Crippen LogP contribution in [-0.2, 0) is 0 Å². The Labute approximate surface area is 180 Å². The van der Waals surface area contributed by atoms with Gasteiger partial charge in [-0.15, -0.1) is 0 Å². The second kappa shape index (κ2) is 11.2. The first kappa shape index (κ1) is 26.6.